The Balaban J connectivity index is 2.94. The molecule has 8 heteroatoms. The van der Waals surface area contributed by atoms with Crippen molar-refractivity contribution in [1.82, 2.24) is 10.6 Å². The van der Waals surface area contributed by atoms with Gasteiger partial charge in [-0.25, -0.2) is 0 Å². The molecule has 0 aliphatic rings. The Morgan fingerprint density at radius 1 is 1.22 bits per heavy atom. The molecule has 0 heterocycles. The van der Waals surface area contributed by atoms with Gasteiger partial charge in [-0.3, -0.25) is 14.4 Å². The number of methoxy groups -OCH3 is 1. The second-order valence-corrected chi connectivity index (χ2v) is 6.45. The first-order valence-electron chi connectivity index (χ1n) is 9.37. The number of ether oxygens (including phenoxy) is 1. The molecule has 8 nitrogen and oxygen atoms in total. The summed E-state index contributed by atoms with van der Waals surface area (Å²) in [6.45, 7) is 3.96. The molecule has 0 spiro atoms. The van der Waals surface area contributed by atoms with Crippen LogP contribution in [0.1, 0.15) is 38.3 Å². The first-order chi connectivity index (χ1) is 13.3. The number of carboxylic acid groups (broad SMARTS) is 1. The van der Waals surface area contributed by atoms with E-state index >= 15 is 0 Å². The van der Waals surface area contributed by atoms with E-state index in [1.54, 1.807) is 0 Å². The number of nitrogens with one attached hydrogen (secondary N) is 2. The maximum Gasteiger partial charge on any atom is 0.305 e. The number of carbonyl (C=O) groups is 3. The zero-order valence-electron chi connectivity index (χ0n) is 16.9. The fourth-order valence-electron chi connectivity index (χ4n) is 2.56. The first kappa shape index (κ1) is 20.9. The maximum atomic E-state index is 12.9. The molecule has 0 unspecified atom stereocenters. The fraction of sp³-hybridized carbons (Fsp3) is 0.526. The number of benzene rings is 1. The monoisotopic (exact) mass is 380 g/mol. The van der Waals surface area contributed by atoms with Crippen molar-refractivity contribution >= 4 is 17.8 Å². The summed E-state index contributed by atoms with van der Waals surface area (Å²) in [6.07, 6.45) is 0.0665. The molecule has 5 N–H and O–H groups in total. The highest BCUT2D eigenvalue weighted by Crippen LogP contribution is 2.15. The van der Waals surface area contributed by atoms with Gasteiger partial charge in [0.25, 0.3) is 0 Å². The van der Waals surface area contributed by atoms with Crippen LogP contribution in [0.3, 0.4) is 0 Å². The van der Waals surface area contributed by atoms with E-state index in [0.717, 1.165) is 5.56 Å². The van der Waals surface area contributed by atoms with E-state index in [1.807, 2.05) is 49.9 Å². The average molecular weight is 380 g/mol. The van der Waals surface area contributed by atoms with Gasteiger partial charge in [0.05, 0.1) is 25.1 Å². The minimum absolute atomic E-state index is 0.195. The van der Waals surface area contributed by atoms with Crippen molar-refractivity contribution in [3.63, 3.8) is 0 Å². The summed E-state index contributed by atoms with van der Waals surface area (Å²) in [5, 5.41) is 14.3. The molecule has 0 fully saturated rings. The van der Waals surface area contributed by atoms with Crippen LogP contribution >= 0.6 is 0 Å². The van der Waals surface area contributed by atoms with Gasteiger partial charge in [-0.2, -0.15) is 0 Å². The smallest absolute Gasteiger partial charge is 0.305 e. The summed E-state index contributed by atoms with van der Waals surface area (Å²) in [5.74, 6) is -2.51. The third-order valence-corrected chi connectivity index (χ3v) is 4.34. The van der Waals surface area contributed by atoms with Crippen molar-refractivity contribution in [3.05, 3.63) is 35.9 Å². The lowest BCUT2D eigenvalue weighted by atomic mass is 9.97. The van der Waals surface area contributed by atoms with Gasteiger partial charge in [0.2, 0.25) is 11.8 Å². The van der Waals surface area contributed by atoms with Gasteiger partial charge in [0.1, 0.15) is 7.45 Å². The summed E-state index contributed by atoms with van der Waals surface area (Å²) >= 11 is 0. The van der Waals surface area contributed by atoms with Gasteiger partial charge in [0, 0.05) is 7.11 Å². The van der Waals surface area contributed by atoms with E-state index in [4.69, 9.17) is 11.3 Å². The topological polar surface area (TPSA) is 131 Å². The van der Waals surface area contributed by atoms with E-state index < -0.39 is 42.3 Å². The Labute approximate surface area is 160 Å². The van der Waals surface area contributed by atoms with Crippen LogP contribution in [0.5, 0.6) is 0 Å². The Hall–Kier alpha value is -2.45. The van der Waals surface area contributed by atoms with Crippen LogP contribution in [-0.2, 0) is 19.1 Å². The van der Waals surface area contributed by atoms with Crippen LogP contribution in [0.25, 0.3) is 0 Å². The summed E-state index contributed by atoms with van der Waals surface area (Å²) in [5.41, 5.74) is 2.79. The largest absolute Gasteiger partial charge is 0.481 e. The van der Waals surface area contributed by atoms with Crippen molar-refractivity contribution in [2.24, 2.45) is 11.6 Å². The molecule has 2 amide bonds. The SMILES string of the molecule is [2H]N[C@@H](CC(=O)O)C(=O)N[C@H](C(=O)N[C@@H](COC)c1ccccc1)[C@@H](C)CC. The number of aliphatic carboxylic acids is 1. The molecule has 0 bridgehead atoms. The summed E-state index contributed by atoms with van der Waals surface area (Å²) < 4.78 is 12.4. The molecule has 1 rings (SSSR count). The molecule has 0 radical (unpaired) electrons. The number of hydrogen-bond acceptors (Lipinski definition) is 5. The molecule has 150 valence electrons. The Bertz CT molecular complexity index is 644. The van der Waals surface area contributed by atoms with E-state index in [9.17, 15) is 14.4 Å². The third-order valence-electron chi connectivity index (χ3n) is 4.34. The van der Waals surface area contributed by atoms with Crippen LogP contribution < -0.4 is 16.4 Å². The number of carboxylic acids is 1. The molecule has 0 saturated carbocycles. The highest BCUT2D eigenvalue weighted by atomic mass is 16.5. The van der Waals surface area contributed by atoms with Crippen LogP contribution in [-0.4, -0.2) is 48.7 Å². The lowest BCUT2D eigenvalue weighted by Crippen LogP contribution is -2.55. The van der Waals surface area contributed by atoms with Crippen molar-refractivity contribution in [2.75, 3.05) is 13.7 Å². The molecule has 0 saturated heterocycles. The minimum Gasteiger partial charge on any atom is -0.481 e. The fourth-order valence-corrected chi connectivity index (χ4v) is 2.56. The molecule has 4 atom stereocenters. The van der Waals surface area contributed by atoms with E-state index in [-0.39, 0.29) is 12.5 Å². The molecule has 27 heavy (non-hydrogen) atoms. The number of nitrogens with two attached hydrogens (primary N) is 1. The molecule has 1 aromatic rings. The molecule has 0 aliphatic heterocycles. The molecular weight excluding hydrogens is 350 g/mol. The highest BCUT2D eigenvalue weighted by Gasteiger charge is 2.30. The van der Waals surface area contributed by atoms with Gasteiger partial charge in [-0.1, -0.05) is 50.6 Å². The van der Waals surface area contributed by atoms with Crippen molar-refractivity contribution in [3.8, 4) is 0 Å². The number of carbonyl (C=O) groups excluding carboxylic acids is 2. The van der Waals surface area contributed by atoms with E-state index in [1.165, 1.54) is 7.11 Å². The molecule has 1 aromatic carbocycles. The van der Waals surface area contributed by atoms with Crippen LogP contribution in [0, 0.1) is 5.92 Å². The molecule has 0 aromatic heterocycles. The van der Waals surface area contributed by atoms with Crippen LogP contribution in [0.2, 0.25) is 1.41 Å². The van der Waals surface area contributed by atoms with Gasteiger partial charge in [0.15, 0.2) is 0 Å². The lowest BCUT2D eigenvalue weighted by Gasteiger charge is -2.27. The predicted octanol–water partition coefficient (Wildman–Crippen LogP) is 0.823. The average Bonchev–Trinajstić information content (AvgIpc) is 2.69. The zero-order chi connectivity index (χ0) is 21.1. The Kier molecular flexibility index (Phi) is 8.73. The van der Waals surface area contributed by atoms with Crippen molar-refractivity contribution in [1.29, 1.82) is 0 Å². The number of amides is 2. The summed E-state index contributed by atoms with van der Waals surface area (Å²) in [7, 11) is 1.53. The Morgan fingerprint density at radius 3 is 2.41 bits per heavy atom. The van der Waals surface area contributed by atoms with E-state index in [2.05, 4.69) is 10.6 Å². The predicted molar refractivity (Wildman–Crippen MR) is 101 cm³/mol. The lowest BCUT2D eigenvalue weighted by molar-refractivity contribution is -0.139. The molecular formula is C19H29N3O5. The minimum atomic E-state index is -1.25. The second-order valence-electron chi connectivity index (χ2n) is 6.45. The second kappa shape index (κ2) is 11.3. The summed E-state index contributed by atoms with van der Waals surface area (Å²) in [4.78, 5) is 36.1. The van der Waals surface area contributed by atoms with Gasteiger partial charge < -0.3 is 26.2 Å². The highest BCUT2D eigenvalue weighted by molar-refractivity contribution is 5.91. The van der Waals surface area contributed by atoms with Crippen molar-refractivity contribution < 1.29 is 25.6 Å². The number of rotatable bonds is 12. The normalized spacial score (nSPS) is 15.7. The molecule has 0 aliphatic carbocycles. The third kappa shape index (κ3) is 7.36. The number of hydrogen-bond donors (Lipinski definition) is 4. The van der Waals surface area contributed by atoms with Crippen molar-refractivity contribution in [2.45, 2.75) is 44.8 Å². The maximum absolute atomic E-state index is 12.9. The first-order valence-corrected chi connectivity index (χ1v) is 8.87. The van der Waals surface area contributed by atoms with Gasteiger partial charge in [-0.15, -0.1) is 0 Å². The standard InChI is InChI=1S/C19H29N3O5/c1-4-12(2)17(22-18(25)14(20)10-16(23)24)19(26)21-15(11-27-3)13-8-6-5-7-9-13/h5-9,12,14-15,17H,4,10-11,20H2,1-3H3,(H,21,26)(H,22,25)(H,23,24)/t12-,14-,15-,17-/m0/s1/i/hD. The Morgan fingerprint density at radius 2 is 1.89 bits per heavy atom. The van der Waals surface area contributed by atoms with Gasteiger partial charge >= 0.3 is 5.97 Å². The quantitative estimate of drug-likeness (QED) is 0.425. The van der Waals surface area contributed by atoms with Gasteiger partial charge in [-0.05, 0) is 11.5 Å². The van der Waals surface area contributed by atoms with E-state index in [0.29, 0.717) is 6.42 Å². The van der Waals surface area contributed by atoms with Crippen LogP contribution in [0.15, 0.2) is 30.3 Å². The zero-order valence-corrected chi connectivity index (χ0v) is 15.9. The van der Waals surface area contributed by atoms with Crippen LogP contribution in [0.4, 0.5) is 0 Å². The summed E-state index contributed by atoms with van der Waals surface area (Å²) in [6, 6.07) is 6.80.